The molecule has 0 spiro atoms. The van der Waals surface area contributed by atoms with Crippen LogP contribution in [0.2, 0.25) is 0 Å². The fourth-order valence-electron chi connectivity index (χ4n) is 1.95. The lowest BCUT2D eigenvalue weighted by atomic mass is 9.87. The third-order valence-electron chi connectivity index (χ3n) is 2.82. The van der Waals surface area contributed by atoms with Gasteiger partial charge in [-0.3, -0.25) is 10.1 Å². The molecule has 1 aromatic rings. The van der Waals surface area contributed by atoms with Crippen molar-refractivity contribution in [2.75, 3.05) is 6.67 Å². The van der Waals surface area contributed by atoms with Crippen LogP contribution in [0.25, 0.3) is 0 Å². The molecule has 74 valence electrons. The van der Waals surface area contributed by atoms with Crippen molar-refractivity contribution >= 4 is 5.91 Å². The van der Waals surface area contributed by atoms with Gasteiger partial charge >= 0.3 is 0 Å². The molecule has 1 aromatic carbocycles. The van der Waals surface area contributed by atoms with E-state index in [2.05, 4.69) is 10.6 Å². The van der Waals surface area contributed by atoms with E-state index in [-0.39, 0.29) is 5.91 Å². The lowest BCUT2D eigenvalue weighted by molar-refractivity contribution is -0.124. The van der Waals surface area contributed by atoms with Gasteiger partial charge in [0.2, 0.25) is 5.91 Å². The maximum Gasteiger partial charge on any atom is 0.245 e. The van der Waals surface area contributed by atoms with Gasteiger partial charge < -0.3 is 5.32 Å². The number of carbonyl (C=O) groups is 1. The number of benzene rings is 1. The van der Waals surface area contributed by atoms with Crippen LogP contribution in [0.4, 0.5) is 0 Å². The molecule has 1 fully saturated rings. The van der Waals surface area contributed by atoms with Crippen LogP contribution in [0.5, 0.6) is 0 Å². The molecule has 14 heavy (non-hydrogen) atoms. The highest BCUT2D eigenvalue weighted by Crippen LogP contribution is 2.27. The Balaban J connectivity index is 2.43. The smallest absolute Gasteiger partial charge is 0.245 e. The van der Waals surface area contributed by atoms with Gasteiger partial charge in [-0.1, -0.05) is 37.3 Å². The Morgan fingerprint density at radius 3 is 2.57 bits per heavy atom. The number of carbonyl (C=O) groups excluding carboxylic acids is 1. The zero-order valence-corrected chi connectivity index (χ0v) is 8.21. The van der Waals surface area contributed by atoms with Crippen molar-refractivity contribution in [2.24, 2.45) is 0 Å². The molecule has 3 nitrogen and oxygen atoms in total. The molecule has 1 aliphatic heterocycles. The lowest BCUT2D eigenvalue weighted by Crippen LogP contribution is -2.42. The second-order valence-corrected chi connectivity index (χ2v) is 3.48. The Kier molecular flexibility index (Phi) is 2.25. The third-order valence-corrected chi connectivity index (χ3v) is 2.82. The van der Waals surface area contributed by atoms with E-state index in [0.717, 1.165) is 12.0 Å². The zero-order valence-electron chi connectivity index (χ0n) is 8.21. The third kappa shape index (κ3) is 1.21. The van der Waals surface area contributed by atoms with Crippen molar-refractivity contribution in [2.45, 2.75) is 18.9 Å². The molecule has 0 radical (unpaired) electrons. The van der Waals surface area contributed by atoms with E-state index in [1.54, 1.807) is 0 Å². The normalized spacial score (nSPS) is 26.2. The van der Waals surface area contributed by atoms with Crippen LogP contribution in [0.15, 0.2) is 30.3 Å². The first kappa shape index (κ1) is 9.21. The van der Waals surface area contributed by atoms with Crippen LogP contribution in [-0.2, 0) is 10.3 Å². The highest BCUT2D eigenvalue weighted by molar-refractivity contribution is 5.89. The van der Waals surface area contributed by atoms with Crippen LogP contribution < -0.4 is 10.6 Å². The molecule has 1 atom stereocenters. The summed E-state index contributed by atoms with van der Waals surface area (Å²) in [6.45, 7) is 2.58. The summed E-state index contributed by atoms with van der Waals surface area (Å²) in [7, 11) is 0. The molecule has 0 saturated carbocycles. The van der Waals surface area contributed by atoms with E-state index in [0.29, 0.717) is 6.67 Å². The maximum absolute atomic E-state index is 11.8. The van der Waals surface area contributed by atoms with E-state index in [9.17, 15) is 4.79 Å². The maximum atomic E-state index is 11.8. The van der Waals surface area contributed by atoms with Crippen molar-refractivity contribution < 1.29 is 4.79 Å². The van der Waals surface area contributed by atoms with Crippen LogP contribution in [0.1, 0.15) is 18.9 Å². The summed E-state index contributed by atoms with van der Waals surface area (Å²) in [6, 6.07) is 9.85. The molecule has 2 rings (SSSR count). The van der Waals surface area contributed by atoms with Crippen molar-refractivity contribution in [1.29, 1.82) is 0 Å². The van der Waals surface area contributed by atoms with Crippen LogP contribution in [0, 0.1) is 0 Å². The van der Waals surface area contributed by atoms with Crippen molar-refractivity contribution in [1.82, 2.24) is 10.6 Å². The fourth-order valence-corrected chi connectivity index (χ4v) is 1.95. The van der Waals surface area contributed by atoms with Crippen LogP contribution >= 0.6 is 0 Å². The molecule has 1 unspecified atom stereocenters. The number of rotatable bonds is 2. The van der Waals surface area contributed by atoms with Gasteiger partial charge in [-0.05, 0) is 12.0 Å². The Hall–Kier alpha value is -1.35. The summed E-state index contributed by atoms with van der Waals surface area (Å²) in [5.74, 6) is 0.0752. The SMILES string of the molecule is CCC1(c2ccccc2)NCNC1=O. The summed E-state index contributed by atoms with van der Waals surface area (Å²) in [5.41, 5.74) is 0.527. The molecule has 1 heterocycles. The van der Waals surface area contributed by atoms with E-state index in [1.165, 1.54) is 0 Å². The first-order chi connectivity index (χ1) is 6.79. The molecule has 1 amide bonds. The number of hydrogen-bond acceptors (Lipinski definition) is 2. The number of nitrogens with one attached hydrogen (secondary N) is 2. The van der Waals surface area contributed by atoms with Gasteiger partial charge in [-0.15, -0.1) is 0 Å². The van der Waals surface area contributed by atoms with Crippen molar-refractivity contribution in [3.05, 3.63) is 35.9 Å². The largest absolute Gasteiger partial charge is 0.342 e. The first-order valence-corrected chi connectivity index (χ1v) is 4.88. The first-order valence-electron chi connectivity index (χ1n) is 4.88. The highest BCUT2D eigenvalue weighted by Gasteiger charge is 2.41. The van der Waals surface area contributed by atoms with Crippen molar-refractivity contribution in [3.63, 3.8) is 0 Å². The van der Waals surface area contributed by atoms with E-state index in [4.69, 9.17) is 0 Å². The minimum Gasteiger partial charge on any atom is -0.342 e. The Morgan fingerprint density at radius 1 is 1.36 bits per heavy atom. The van der Waals surface area contributed by atoms with E-state index < -0.39 is 5.54 Å². The van der Waals surface area contributed by atoms with Crippen molar-refractivity contribution in [3.8, 4) is 0 Å². The second kappa shape index (κ2) is 3.42. The zero-order chi connectivity index (χ0) is 10.0. The van der Waals surface area contributed by atoms with Gasteiger partial charge in [0.25, 0.3) is 0 Å². The molecular formula is C11H14N2O. The van der Waals surface area contributed by atoms with Gasteiger partial charge in [-0.2, -0.15) is 0 Å². The monoisotopic (exact) mass is 190 g/mol. The van der Waals surface area contributed by atoms with Gasteiger partial charge in [0.15, 0.2) is 0 Å². The predicted molar refractivity (Wildman–Crippen MR) is 54.6 cm³/mol. The Morgan fingerprint density at radius 2 is 2.07 bits per heavy atom. The molecule has 1 aliphatic rings. The summed E-state index contributed by atoms with van der Waals surface area (Å²) in [6.07, 6.45) is 0.767. The minimum absolute atomic E-state index is 0.0752. The summed E-state index contributed by atoms with van der Waals surface area (Å²) >= 11 is 0. The molecule has 2 N–H and O–H groups in total. The molecule has 0 aromatic heterocycles. The second-order valence-electron chi connectivity index (χ2n) is 3.48. The number of hydrogen-bond donors (Lipinski definition) is 2. The van der Waals surface area contributed by atoms with Crippen LogP contribution in [0.3, 0.4) is 0 Å². The Labute approximate surface area is 83.5 Å². The molecule has 1 saturated heterocycles. The summed E-state index contributed by atoms with van der Waals surface area (Å²) in [4.78, 5) is 11.8. The summed E-state index contributed by atoms with van der Waals surface area (Å²) in [5, 5.41) is 6.03. The molecule has 0 aliphatic carbocycles. The average Bonchev–Trinajstić information content (AvgIpc) is 2.62. The van der Waals surface area contributed by atoms with Gasteiger partial charge in [0, 0.05) is 0 Å². The molecule has 3 heteroatoms. The minimum atomic E-state index is -0.513. The quantitative estimate of drug-likeness (QED) is 0.729. The van der Waals surface area contributed by atoms with Gasteiger partial charge in [-0.25, -0.2) is 0 Å². The Bertz CT molecular complexity index is 336. The van der Waals surface area contributed by atoms with Gasteiger partial charge in [0.05, 0.1) is 6.67 Å². The van der Waals surface area contributed by atoms with E-state index in [1.807, 2.05) is 37.3 Å². The topological polar surface area (TPSA) is 41.1 Å². The van der Waals surface area contributed by atoms with Gasteiger partial charge in [0.1, 0.15) is 5.54 Å². The summed E-state index contributed by atoms with van der Waals surface area (Å²) < 4.78 is 0. The highest BCUT2D eigenvalue weighted by atomic mass is 16.2. The standard InChI is InChI=1S/C11H14N2O/c1-2-11(10(14)12-8-13-11)9-6-4-3-5-7-9/h3-7,13H,2,8H2,1H3,(H,12,14). The fraction of sp³-hybridized carbons (Fsp3) is 0.364. The lowest BCUT2D eigenvalue weighted by Gasteiger charge is -2.25. The predicted octanol–water partition coefficient (Wildman–Crippen LogP) is 0.969. The molecule has 0 bridgehead atoms. The average molecular weight is 190 g/mol. The van der Waals surface area contributed by atoms with E-state index >= 15 is 0 Å². The molecular weight excluding hydrogens is 176 g/mol. The van der Waals surface area contributed by atoms with Crippen LogP contribution in [-0.4, -0.2) is 12.6 Å². The number of amides is 1.